The SMILES string of the molecule is Cc1ccc(NC(=O)Cc2csc(SCc3cccc(Cl)c3)n2)c(C)c1. The second-order valence-corrected chi connectivity index (χ2v) is 8.58. The number of aromatic nitrogens is 1. The molecule has 0 aliphatic carbocycles. The van der Waals surface area contributed by atoms with Gasteiger partial charge in [-0.3, -0.25) is 4.79 Å². The van der Waals surface area contributed by atoms with Crippen molar-refractivity contribution in [1.82, 2.24) is 4.98 Å². The molecule has 0 atom stereocenters. The van der Waals surface area contributed by atoms with Crippen LogP contribution in [0.5, 0.6) is 0 Å². The molecule has 0 saturated heterocycles. The van der Waals surface area contributed by atoms with E-state index in [1.807, 2.05) is 55.6 Å². The fourth-order valence-electron chi connectivity index (χ4n) is 2.52. The van der Waals surface area contributed by atoms with Gasteiger partial charge in [0, 0.05) is 21.8 Å². The summed E-state index contributed by atoms with van der Waals surface area (Å²) in [5, 5.41) is 5.65. The molecular formula is C20H19ClN2OS2. The third kappa shape index (κ3) is 5.34. The normalized spacial score (nSPS) is 10.7. The minimum atomic E-state index is -0.0476. The van der Waals surface area contributed by atoms with Crippen LogP contribution >= 0.6 is 34.7 Å². The van der Waals surface area contributed by atoms with Crippen LogP contribution in [0.1, 0.15) is 22.4 Å². The van der Waals surface area contributed by atoms with Crippen molar-refractivity contribution in [3.8, 4) is 0 Å². The van der Waals surface area contributed by atoms with Crippen molar-refractivity contribution in [2.75, 3.05) is 5.32 Å². The van der Waals surface area contributed by atoms with E-state index < -0.39 is 0 Å². The number of halogens is 1. The van der Waals surface area contributed by atoms with Crippen LogP contribution < -0.4 is 5.32 Å². The molecule has 3 nitrogen and oxygen atoms in total. The zero-order valence-corrected chi connectivity index (χ0v) is 17.0. The molecule has 1 amide bonds. The summed E-state index contributed by atoms with van der Waals surface area (Å²) in [6.45, 7) is 4.03. The van der Waals surface area contributed by atoms with Crippen LogP contribution in [0.25, 0.3) is 0 Å². The third-order valence-electron chi connectivity index (χ3n) is 3.78. The van der Waals surface area contributed by atoms with Gasteiger partial charge in [-0.25, -0.2) is 4.98 Å². The first-order chi connectivity index (χ1) is 12.5. The van der Waals surface area contributed by atoms with Crippen molar-refractivity contribution in [1.29, 1.82) is 0 Å². The number of thiazole rings is 1. The molecule has 134 valence electrons. The number of amides is 1. The zero-order valence-electron chi connectivity index (χ0n) is 14.6. The first kappa shape index (κ1) is 19.0. The van der Waals surface area contributed by atoms with Crippen LogP contribution in [-0.4, -0.2) is 10.9 Å². The third-order valence-corrected chi connectivity index (χ3v) is 6.16. The summed E-state index contributed by atoms with van der Waals surface area (Å²) in [5.41, 5.74) is 5.06. The minimum Gasteiger partial charge on any atom is -0.326 e. The van der Waals surface area contributed by atoms with E-state index in [0.29, 0.717) is 0 Å². The summed E-state index contributed by atoms with van der Waals surface area (Å²) < 4.78 is 0.958. The summed E-state index contributed by atoms with van der Waals surface area (Å²) in [5.74, 6) is 0.760. The predicted octanol–water partition coefficient (Wildman–Crippen LogP) is 5.89. The molecule has 1 aromatic heterocycles. The molecule has 0 aliphatic rings. The Morgan fingerprint density at radius 1 is 1.23 bits per heavy atom. The molecule has 2 aromatic carbocycles. The second-order valence-electron chi connectivity index (χ2n) is 6.07. The van der Waals surface area contributed by atoms with E-state index in [0.717, 1.165) is 37.6 Å². The van der Waals surface area contributed by atoms with Crippen molar-refractivity contribution in [3.05, 3.63) is 75.3 Å². The highest BCUT2D eigenvalue weighted by Crippen LogP contribution is 2.27. The molecule has 0 fully saturated rings. The molecule has 3 aromatic rings. The number of aryl methyl sites for hydroxylation is 2. The Hall–Kier alpha value is -1.82. The van der Waals surface area contributed by atoms with Gasteiger partial charge in [-0.15, -0.1) is 11.3 Å². The number of hydrogen-bond acceptors (Lipinski definition) is 4. The highest BCUT2D eigenvalue weighted by molar-refractivity contribution is 8.00. The lowest BCUT2D eigenvalue weighted by atomic mass is 10.1. The average molecular weight is 403 g/mol. The summed E-state index contributed by atoms with van der Waals surface area (Å²) in [6.07, 6.45) is 0.279. The standard InChI is InChI=1S/C20H19ClN2OS2/c1-13-6-7-18(14(2)8-13)23-19(24)10-17-12-26-20(22-17)25-11-15-4-3-5-16(21)9-15/h3-9,12H,10-11H2,1-2H3,(H,23,24). The van der Waals surface area contributed by atoms with Gasteiger partial charge in [-0.05, 0) is 43.2 Å². The van der Waals surface area contributed by atoms with Gasteiger partial charge in [-0.1, -0.05) is 53.2 Å². The number of nitrogens with one attached hydrogen (secondary N) is 1. The Balaban J connectivity index is 1.55. The number of carbonyl (C=O) groups is 1. The smallest absolute Gasteiger partial charge is 0.230 e. The van der Waals surface area contributed by atoms with Crippen LogP contribution in [0.4, 0.5) is 5.69 Å². The van der Waals surface area contributed by atoms with E-state index >= 15 is 0 Å². The van der Waals surface area contributed by atoms with Crippen LogP contribution in [0.3, 0.4) is 0 Å². The van der Waals surface area contributed by atoms with Crippen molar-refractivity contribution >= 4 is 46.3 Å². The predicted molar refractivity (Wildman–Crippen MR) is 111 cm³/mol. The highest BCUT2D eigenvalue weighted by Gasteiger charge is 2.10. The van der Waals surface area contributed by atoms with Gasteiger partial charge in [0.2, 0.25) is 5.91 Å². The Labute approximate surface area is 166 Å². The van der Waals surface area contributed by atoms with Crippen molar-refractivity contribution in [3.63, 3.8) is 0 Å². The molecule has 0 saturated carbocycles. The Bertz CT molecular complexity index is 924. The van der Waals surface area contributed by atoms with Gasteiger partial charge in [0.15, 0.2) is 0 Å². The molecule has 1 heterocycles. The number of carbonyl (C=O) groups excluding carboxylic acids is 1. The number of benzene rings is 2. The Kier molecular flexibility index (Phi) is 6.35. The quantitative estimate of drug-likeness (QED) is 0.523. The van der Waals surface area contributed by atoms with E-state index in [9.17, 15) is 4.79 Å². The van der Waals surface area contributed by atoms with Gasteiger partial charge in [-0.2, -0.15) is 0 Å². The van der Waals surface area contributed by atoms with Crippen molar-refractivity contribution in [2.24, 2.45) is 0 Å². The lowest BCUT2D eigenvalue weighted by Crippen LogP contribution is -2.15. The first-order valence-electron chi connectivity index (χ1n) is 8.18. The Morgan fingerprint density at radius 3 is 2.85 bits per heavy atom. The fraction of sp³-hybridized carbons (Fsp3) is 0.200. The maximum Gasteiger partial charge on any atom is 0.230 e. The maximum atomic E-state index is 12.3. The molecule has 0 aliphatic heterocycles. The minimum absolute atomic E-state index is 0.0476. The lowest BCUT2D eigenvalue weighted by molar-refractivity contribution is -0.115. The molecule has 0 radical (unpaired) electrons. The van der Waals surface area contributed by atoms with E-state index in [1.54, 1.807) is 23.1 Å². The number of rotatable bonds is 6. The number of anilines is 1. The molecule has 0 spiro atoms. The van der Waals surface area contributed by atoms with Gasteiger partial charge >= 0.3 is 0 Å². The van der Waals surface area contributed by atoms with E-state index in [4.69, 9.17) is 11.6 Å². The summed E-state index contributed by atoms with van der Waals surface area (Å²) in [4.78, 5) is 16.8. The number of hydrogen-bond donors (Lipinski definition) is 1. The molecule has 1 N–H and O–H groups in total. The first-order valence-corrected chi connectivity index (χ1v) is 10.4. The molecule has 26 heavy (non-hydrogen) atoms. The van der Waals surface area contributed by atoms with Gasteiger partial charge in [0.25, 0.3) is 0 Å². The number of thioether (sulfide) groups is 1. The Morgan fingerprint density at radius 2 is 2.08 bits per heavy atom. The average Bonchev–Trinajstić information content (AvgIpc) is 3.03. The van der Waals surface area contributed by atoms with Crippen LogP contribution in [0, 0.1) is 13.8 Å². The highest BCUT2D eigenvalue weighted by atomic mass is 35.5. The van der Waals surface area contributed by atoms with E-state index in [-0.39, 0.29) is 12.3 Å². The maximum absolute atomic E-state index is 12.3. The van der Waals surface area contributed by atoms with Crippen molar-refractivity contribution in [2.45, 2.75) is 30.4 Å². The van der Waals surface area contributed by atoms with Crippen LogP contribution in [0.15, 0.2) is 52.2 Å². The topological polar surface area (TPSA) is 42.0 Å². The lowest BCUT2D eigenvalue weighted by Gasteiger charge is -2.08. The van der Waals surface area contributed by atoms with E-state index in [1.165, 1.54) is 5.56 Å². The van der Waals surface area contributed by atoms with Crippen LogP contribution in [-0.2, 0) is 17.0 Å². The van der Waals surface area contributed by atoms with E-state index in [2.05, 4.69) is 16.4 Å². The molecule has 0 unspecified atom stereocenters. The molecule has 3 rings (SSSR count). The monoisotopic (exact) mass is 402 g/mol. The van der Waals surface area contributed by atoms with Crippen molar-refractivity contribution < 1.29 is 4.79 Å². The largest absolute Gasteiger partial charge is 0.326 e. The second kappa shape index (κ2) is 8.71. The number of nitrogens with zero attached hydrogens (tertiary/aromatic N) is 1. The molecule has 0 bridgehead atoms. The van der Waals surface area contributed by atoms with Gasteiger partial charge < -0.3 is 5.32 Å². The summed E-state index contributed by atoms with van der Waals surface area (Å²) in [7, 11) is 0. The zero-order chi connectivity index (χ0) is 18.5. The summed E-state index contributed by atoms with van der Waals surface area (Å²) >= 11 is 9.23. The van der Waals surface area contributed by atoms with Crippen LogP contribution in [0.2, 0.25) is 5.02 Å². The molecule has 6 heteroatoms. The molecular weight excluding hydrogens is 384 g/mol. The van der Waals surface area contributed by atoms with Gasteiger partial charge in [0.1, 0.15) is 4.34 Å². The van der Waals surface area contributed by atoms with Gasteiger partial charge in [0.05, 0.1) is 12.1 Å². The fourth-order valence-corrected chi connectivity index (χ4v) is 4.52. The summed E-state index contributed by atoms with van der Waals surface area (Å²) in [6, 6.07) is 13.8.